The monoisotopic (exact) mass is 364 g/mol. The van der Waals surface area contributed by atoms with Crippen LogP contribution in [0.1, 0.15) is 20.2 Å². The van der Waals surface area contributed by atoms with Crippen molar-refractivity contribution in [2.75, 3.05) is 10.6 Å². The number of aromatic nitrogens is 2. The third-order valence-electron chi connectivity index (χ3n) is 3.56. The summed E-state index contributed by atoms with van der Waals surface area (Å²) >= 11 is 1.30. The molecule has 2 N–H and O–H groups in total. The van der Waals surface area contributed by atoms with Crippen LogP contribution < -0.4 is 10.6 Å². The lowest BCUT2D eigenvalue weighted by Gasteiger charge is -2.04. The van der Waals surface area contributed by atoms with Gasteiger partial charge in [-0.15, -0.1) is 11.3 Å². The van der Waals surface area contributed by atoms with E-state index in [2.05, 4.69) is 20.6 Å². The van der Waals surface area contributed by atoms with E-state index in [9.17, 15) is 9.59 Å². The molecule has 0 spiro atoms. The molecule has 128 valence electrons. The Hall–Kier alpha value is -3.52. The number of anilines is 2. The molecule has 0 bridgehead atoms. The molecule has 0 atom stereocenters. The summed E-state index contributed by atoms with van der Waals surface area (Å²) in [5.41, 5.74) is 1.52. The van der Waals surface area contributed by atoms with Crippen LogP contribution in [0.2, 0.25) is 0 Å². The molecule has 0 aliphatic rings. The number of nitrogens with one attached hydrogen (secondary N) is 2. The molecule has 0 unspecified atom stereocenters. The fraction of sp³-hybridized carbons (Fsp3) is 0. The van der Waals surface area contributed by atoms with Crippen molar-refractivity contribution < 1.29 is 14.0 Å². The van der Waals surface area contributed by atoms with Crippen LogP contribution in [-0.4, -0.2) is 21.8 Å². The van der Waals surface area contributed by atoms with Gasteiger partial charge in [0.1, 0.15) is 6.26 Å². The van der Waals surface area contributed by atoms with Gasteiger partial charge in [0.05, 0.1) is 10.4 Å². The van der Waals surface area contributed by atoms with Crippen molar-refractivity contribution in [2.24, 2.45) is 0 Å². The summed E-state index contributed by atoms with van der Waals surface area (Å²) < 4.78 is 5.15. The predicted octanol–water partition coefficient (Wildman–Crippen LogP) is 3.79. The molecular weight excluding hydrogens is 352 g/mol. The fourth-order valence-electron chi connectivity index (χ4n) is 2.35. The van der Waals surface area contributed by atoms with E-state index < -0.39 is 5.91 Å². The van der Waals surface area contributed by atoms with E-state index in [0.717, 1.165) is 10.9 Å². The maximum atomic E-state index is 12.3. The number of pyridine rings is 1. The van der Waals surface area contributed by atoms with Gasteiger partial charge in [0.15, 0.2) is 5.69 Å². The van der Waals surface area contributed by atoms with E-state index in [1.54, 1.807) is 29.8 Å². The highest BCUT2D eigenvalue weighted by atomic mass is 32.1. The van der Waals surface area contributed by atoms with Crippen molar-refractivity contribution in [1.29, 1.82) is 0 Å². The Bertz CT molecular complexity index is 1090. The third-order valence-corrected chi connectivity index (χ3v) is 4.43. The first-order valence-electron chi connectivity index (χ1n) is 7.65. The SMILES string of the molecule is O=C(Nc1ccc2ncccc2c1)c1coc(NC(=O)c2cccs2)n1. The minimum absolute atomic E-state index is 0.0312. The van der Waals surface area contributed by atoms with Gasteiger partial charge in [0, 0.05) is 17.3 Å². The molecule has 3 heterocycles. The van der Waals surface area contributed by atoms with E-state index in [4.69, 9.17) is 4.42 Å². The molecule has 7 nitrogen and oxygen atoms in total. The van der Waals surface area contributed by atoms with Crippen LogP contribution in [-0.2, 0) is 0 Å². The number of oxazole rings is 1. The first-order chi connectivity index (χ1) is 12.7. The van der Waals surface area contributed by atoms with Crippen LogP contribution in [0.25, 0.3) is 10.9 Å². The zero-order chi connectivity index (χ0) is 17.9. The number of fused-ring (bicyclic) bond motifs is 1. The van der Waals surface area contributed by atoms with Gasteiger partial charge >= 0.3 is 6.01 Å². The van der Waals surface area contributed by atoms with Crippen molar-refractivity contribution in [2.45, 2.75) is 0 Å². The summed E-state index contributed by atoms with van der Waals surface area (Å²) in [5.74, 6) is -0.774. The number of rotatable bonds is 4. The van der Waals surface area contributed by atoms with Crippen molar-refractivity contribution >= 4 is 45.8 Å². The molecule has 0 saturated carbocycles. The van der Waals surface area contributed by atoms with Gasteiger partial charge in [-0.25, -0.2) is 0 Å². The van der Waals surface area contributed by atoms with Gasteiger partial charge in [-0.2, -0.15) is 4.98 Å². The quantitative estimate of drug-likeness (QED) is 0.574. The Morgan fingerprint density at radius 2 is 1.96 bits per heavy atom. The minimum atomic E-state index is -0.436. The maximum absolute atomic E-state index is 12.3. The normalized spacial score (nSPS) is 10.6. The molecule has 0 aliphatic carbocycles. The molecule has 0 saturated heterocycles. The Labute approximate surface area is 151 Å². The highest BCUT2D eigenvalue weighted by Crippen LogP contribution is 2.18. The van der Waals surface area contributed by atoms with Crippen LogP contribution in [0.4, 0.5) is 11.7 Å². The largest absolute Gasteiger partial charge is 0.431 e. The third kappa shape index (κ3) is 3.31. The van der Waals surface area contributed by atoms with Crippen molar-refractivity contribution in [3.8, 4) is 0 Å². The molecule has 2 amide bonds. The molecular formula is C18H12N4O3S. The maximum Gasteiger partial charge on any atom is 0.302 e. The highest BCUT2D eigenvalue weighted by molar-refractivity contribution is 7.12. The van der Waals surface area contributed by atoms with Crippen molar-refractivity contribution in [3.05, 3.63) is 70.9 Å². The van der Waals surface area contributed by atoms with Gasteiger partial charge in [-0.1, -0.05) is 12.1 Å². The predicted molar refractivity (Wildman–Crippen MR) is 98.5 cm³/mol. The molecule has 0 aliphatic heterocycles. The Balaban J connectivity index is 1.46. The topological polar surface area (TPSA) is 97.1 Å². The molecule has 4 rings (SSSR count). The van der Waals surface area contributed by atoms with Crippen LogP contribution in [0.5, 0.6) is 0 Å². The van der Waals surface area contributed by atoms with Crippen LogP contribution in [0.15, 0.2) is 64.7 Å². The molecule has 1 aromatic carbocycles. The van der Waals surface area contributed by atoms with Crippen molar-refractivity contribution in [3.63, 3.8) is 0 Å². The summed E-state index contributed by atoms with van der Waals surface area (Å²) in [6.07, 6.45) is 2.91. The van der Waals surface area contributed by atoms with Gasteiger partial charge < -0.3 is 9.73 Å². The van der Waals surface area contributed by atoms with E-state index >= 15 is 0 Å². The number of carbonyl (C=O) groups is 2. The number of benzene rings is 1. The zero-order valence-corrected chi connectivity index (χ0v) is 14.1. The number of nitrogens with zero attached hydrogens (tertiary/aromatic N) is 2. The van der Waals surface area contributed by atoms with E-state index in [-0.39, 0.29) is 17.6 Å². The van der Waals surface area contributed by atoms with Gasteiger partial charge in [0.25, 0.3) is 11.8 Å². The summed E-state index contributed by atoms with van der Waals surface area (Å²) in [4.78, 5) is 33.0. The smallest absolute Gasteiger partial charge is 0.302 e. The second kappa shape index (κ2) is 6.77. The highest BCUT2D eigenvalue weighted by Gasteiger charge is 2.15. The second-order valence-corrected chi connectivity index (χ2v) is 6.28. The summed E-state index contributed by atoms with van der Waals surface area (Å²) in [5, 5.41) is 7.96. The summed E-state index contributed by atoms with van der Waals surface area (Å²) in [7, 11) is 0. The first kappa shape index (κ1) is 16.0. The zero-order valence-electron chi connectivity index (χ0n) is 13.3. The van der Waals surface area contributed by atoms with Crippen LogP contribution >= 0.6 is 11.3 Å². The van der Waals surface area contributed by atoms with Gasteiger partial charge in [0.2, 0.25) is 0 Å². The molecule has 26 heavy (non-hydrogen) atoms. The molecule has 8 heteroatoms. The number of thiophene rings is 1. The number of amides is 2. The summed E-state index contributed by atoms with van der Waals surface area (Å²) in [6.45, 7) is 0. The van der Waals surface area contributed by atoms with E-state index in [0.29, 0.717) is 10.6 Å². The van der Waals surface area contributed by atoms with E-state index in [1.807, 2.05) is 24.3 Å². The fourth-order valence-corrected chi connectivity index (χ4v) is 2.97. The molecule has 0 fully saturated rings. The Morgan fingerprint density at radius 3 is 2.81 bits per heavy atom. The van der Waals surface area contributed by atoms with Gasteiger partial charge in [-0.3, -0.25) is 19.9 Å². The average Bonchev–Trinajstić information content (AvgIpc) is 3.33. The Morgan fingerprint density at radius 1 is 1.04 bits per heavy atom. The standard InChI is InChI=1S/C18H12N4O3S/c23-16(20-12-5-6-13-11(9-12)3-1-7-19-13)14-10-25-18(21-14)22-17(24)15-4-2-8-26-15/h1-10H,(H,20,23)(H,21,22,24). The lowest BCUT2D eigenvalue weighted by Crippen LogP contribution is -2.13. The lowest BCUT2D eigenvalue weighted by atomic mass is 10.2. The Kier molecular flexibility index (Phi) is 4.16. The number of hydrogen-bond acceptors (Lipinski definition) is 6. The molecule has 4 aromatic rings. The van der Waals surface area contributed by atoms with Crippen LogP contribution in [0.3, 0.4) is 0 Å². The average molecular weight is 364 g/mol. The molecule has 0 radical (unpaired) electrons. The van der Waals surface area contributed by atoms with E-state index in [1.165, 1.54) is 17.6 Å². The van der Waals surface area contributed by atoms with Crippen LogP contribution in [0, 0.1) is 0 Å². The second-order valence-electron chi connectivity index (χ2n) is 5.33. The summed E-state index contributed by atoms with van der Waals surface area (Å²) in [6, 6.07) is 12.6. The van der Waals surface area contributed by atoms with Crippen molar-refractivity contribution in [1.82, 2.24) is 9.97 Å². The lowest BCUT2D eigenvalue weighted by molar-refractivity contribution is 0.101. The minimum Gasteiger partial charge on any atom is -0.431 e. The van der Waals surface area contributed by atoms with Gasteiger partial charge in [-0.05, 0) is 35.7 Å². The first-order valence-corrected chi connectivity index (χ1v) is 8.53. The number of hydrogen-bond donors (Lipinski definition) is 2. The molecule has 3 aromatic heterocycles. The number of carbonyl (C=O) groups excluding carboxylic acids is 2.